The predicted molar refractivity (Wildman–Crippen MR) is 119 cm³/mol. The molecule has 1 aromatic heterocycles. The zero-order valence-electron chi connectivity index (χ0n) is 15.6. The van der Waals surface area contributed by atoms with Crippen molar-refractivity contribution in [3.05, 3.63) is 90.5 Å². The molecule has 0 aliphatic carbocycles. The fourth-order valence-electron chi connectivity index (χ4n) is 2.59. The van der Waals surface area contributed by atoms with Gasteiger partial charge in [0.05, 0.1) is 5.69 Å². The molecule has 0 aliphatic rings. The highest BCUT2D eigenvalue weighted by molar-refractivity contribution is 8.13. The number of benzene rings is 2. The van der Waals surface area contributed by atoms with Crippen LogP contribution in [0, 0.1) is 0 Å². The van der Waals surface area contributed by atoms with Crippen LogP contribution in [0.1, 0.15) is 11.1 Å². The van der Waals surface area contributed by atoms with Crippen molar-refractivity contribution in [2.45, 2.75) is 5.75 Å². The van der Waals surface area contributed by atoms with E-state index in [9.17, 15) is 14.7 Å². The number of thioether (sulfide) groups is 1. The molecule has 0 unspecified atom stereocenters. The molecule has 29 heavy (non-hydrogen) atoms. The number of rotatable bonds is 4. The summed E-state index contributed by atoms with van der Waals surface area (Å²) in [4.78, 5) is 29.4. The van der Waals surface area contributed by atoms with Gasteiger partial charge in [0.15, 0.2) is 0 Å². The summed E-state index contributed by atoms with van der Waals surface area (Å²) in [5, 5.41) is 11.8. The third-order valence-corrected chi connectivity index (χ3v) is 5.83. The molecule has 0 fully saturated rings. The summed E-state index contributed by atoms with van der Waals surface area (Å²) >= 11 is 13.4. The largest absolute Gasteiger partial charge is 0.494 e. The van der Waals surface area contributed by atoms with Crippen molar-refractivity contribution in [1.29, 1.82) is 0 Å². The molecule has 9 heteroatoms. The Balaban J connectivity index is 2.12. The van der Waals surface area contributed by atoms with Crippen LogP contribution in [-0.2, 0) is 19.8 Å². The van der Waals surface area contributed by atoms with Crippen molar-refractivity contribution < 1.29 is 5.11 Å². The standard InChI is InChI=1S/C20H17Cl2N3O3S/c1-24-18(26)16(19(27)25(2)20(24)28)17(23-14-6-4-3-5-7-14)29-11-12-8-9-13(21)10-15(12)22/h3-10,26H,11H2,1-2H3. The maximum atomic E-state index is 12.8. The van der Waals surface area contributed by atoms with E-state index in [2.05, 4.69) is 4.99 Å². The van der Waals surface area contributed by atoms with E-state index < -0.39 is 17.1 Å². The molecule has 2 aromatic carbocycles. The Morgan fingerprint density at radius 1 is 1.07 bits per heavy atom. The highest BCUT2D eigenvalue weighted by Crippen LogP contribution is 2.29. The molecule has 0 amide bonds. The lowest BCUT2D eigenvalue weighted by atomic mass is 10.2. The summed E-state index contributed by atoms with van der Waals surface area (Å²) in [5.41, 5.74) is 0.0973. The first-order valence-corrected chi connectivity index (χ1v) is 10.2. The molecule has 6 nitrogen and oxygen atoms in total. The summed E-state index contributed by atoms with van der Waals surface area (Å²) in [6.45, 7) is 0. The van der Waals surface area contributed by atoms with Crippen LogP contribution < -0.4 is 11.2 Å². The fraction of sp³-hybridized carbons (Fsp3) is 0.150. The van der Waals surface area contributed by atoms with E-state index in [1.165, 1.54) is 25.9 Å². The van der Waals surface area contributed by atoms with E-state index in [1.807, 2.05) is 18.2 Å². The van der Waals surface area contributed by atoms with E-state index in [-0.39, 0.29) is 10.6 Å². The van der Waals surface area contributed by atoms with Gasteiger partial charge in [-0.15, -0.1) is 11.8 Å². The van der Waals surface area contributed by atoms with Crippen molar-refractivity contribution >= 4 is 45.7 Å². The van der Waals surface area contributed by atoms with Crippen LogP contribution >= 0.6 is 35.0 Å². The van der Waals surface area contributed by atoms with Gasteiger partial charge < -0.3 is 5.11 Å². The van der Waals surface area contributed by atoms with Crippen LogP contribution in [-0.4, -0.2) is 19.3 Å². The molecular weight excluding hydrogens is 433 g/mol. The number of aliphatic imine (C=N–C) groups is 1. The molecule has 0 spiro atoms. The lowest BCUT2D eigenvalue weighted by molar-refractivity contribution is 0.410. The number of para-hydroxylation sites is 1. The lowest BCUT2D eigenvalue weighted by Gasteiger charge is -2.13. The summed E-state index contributed by atoms with van der Waals surface area (Å²) < 4.78 is 1.94. The maximum absolute atomic E-state index is 12.8. The summed E-state index contributed by atoms with van der Waals surface area (Å²) in [7, 11) is 2.75. The van der Waals surface area contributed by atoms with Crippen LogP contribution in [0.15, 0.2) is 63.1 Å². The molecule has 1 heterocycles. The van der Waals surface area contributed by atoms with Gasteiger partial charge in [0, 0.05) is 29.9 Å². The van der Waals surface area contributed by atoms with Crippen molar-refractivity contribution in [2.24, 2.45) is 19.1 Å². The van der Waals surface area contributed by atoms with Gasteiger partial charge in [-0.2, -0.15) is 0 Å². The molecule has 1 N–H and O–H groups in total. The van der Waals surface area contributed by atoms with Gasteiger partial charge in [0.25, 0.3) is 5.56 Å². The van der Waals surface area contributed by atoms with Crippen molar-refractivity contribution in [3.8, 4) is 5.88 Å². The van der Waals surface area contributed by atoms with Gasteiger partial charge in [0.1, 0.15) is 10.6 Å². The minimum absolute atomic E-state index is 0.0476. The average molecular weight is 450 g/mol. The summed E-state index contributed by atoms with van der Waals surface area (Å²) in [5.74, 6) is -0.0601. The van der Waals surface area contributed by atoms with Gasteiger partial charge in [-0.25, -0.2) is 9.79 Å². The highest BCUT2D eigenvalue weighted by Gasteiger charge is 2.21. The molecule has 150 valence electrons. The van der Waals surface area contributed by atoms with Crippen molar-refractivity contribution in [3.63, 3.8) is 0 Å². The highest BCUT2D eigenvalue weighted by atomic mass is 35.5. The Bertz CT molecular complexity index is 1200. The molecule has 3 rings (SSSR count). The quantitative estimate of drug-likeness (QED) is 0.480. The number of aromatic hydroxyl groups is 1. The Kier molecular flexibility index (Phi) is 6.52. The van der Waals surface area contributed by atoms with Crippen molar-refractivity contribution in [2.75, 3.05) is 0 Å². The zero-order chi connectivity index (χ0) is 21.1. The van der Waals surface area contributed by atoms with Crippen LogP contribution in [0.2, 0.25) is 10.0 Å². The van der Waals surface area contributed by atoms with Gasteiger partial charge in [-0.05, 0) is 29.8 Å². The Hall–Kier alpha value is -2.48. The molecule has 0 bridgehead atoms. The number of hydrogen-bond donors (Lipinski definition) is 1. The number of hydrogen-bond acceptors (Lipinski definition) is 5. The number of halogens is 2. The normalized spacial score (nSPS) is 11.7. The van der Waals surface area contributed by atoms with E-state index in [0.717, 1.165) is 14.7 Å². The van der Waals surface area contributed by atoms with E-state index >= 15 is 0 Å². The predicted octanol–water partition coefficient (Wildman–Crippen LogP) is 4.11. The Morgan fingerprint density at radius 3 is 2.41 bits per heavy atom. The summed E-state index contributed by atoms with van der Waals surface area (Å²) in [6, 6.07) is 14.2. The SMILES string of the molecule is Cn1c(O)c(C(=Nc2ccccc2)SCc2ccc(Cl)cc2Cl)c(=O)n(C)c1=O. The van der Waals surface area contributed by atoms with Gasteiger partial charge >= 0.3 is 5.69 Å². The third kappa shape index (κ3) is 4.58. The second kappa shape index (κ2) is 8.90. The third-order valence-electron chi connectivity index (χ3n) is 4.21. The second-order valence-corrected chi connectivity index (χ2v) is 7.99. The van der Waals surface area contributed by atoms with Gasteiger partial charge in [-0.3, -0.25) is 13.9 Å². The fourth-order valence-corrected chi connectivity index (χ4v) is 4.18. The molecule has 0 atom stereocenters. The molecule has 0 radical (unpaired) electrons. The average Bonchev–Trinajstić information content (AvgIpc) is 2.70. The first-order valence-electron chi connectivity index (χ1n) is 8.49. The smallest absolute Gasteiger partial charge is 0.333 e. The maximum Gasteiger partial charge on any atom is 0.333 e. The molecule has 3 aromatic rings. The second-order valence-electron chi connectivity index (χ2n) is 6.18. The monoisotopic (exact) mass is 449 g/mol. The van der Waals surface area contributed by atoms with E-state index in [0.29, 0.717) is 21.5 Å². The zero-order valence-corrected chi connectivity index (χ0v) is 17.9. The first kappa shape index (κ1) is 21.2. The minimum atomic E-state index is -0.630. The lowest BCUT2D eigenvalue weighted by Crippen LogP contribution is -2.39. The molecule has 0 saturated heterocycles. The minimum Gasteiger partial charge on any atom is -0.494 e. The van der Waals surface area contributed by atoms with Crippen LogP contribution in [0.5, 0.6) is 5.88 Å². The Labute approximate surface area is 181 Å². The first-order chi connectivity index (χ1) is 13.8. The van der Waals surface area contributed by atoms with Gasteiger partial charge in [0.2, 0.25) is 5.88 Å². The van der Waals surface area contributed by atoms with E-state index in [1.54, 1.807) is 30.3 Å². The topological polar surface area (TPSA) is 76.6 Å². The van der Waals surface area contributed by atoms with Crippen LogP contribution in [0.25, 0.3) is 0 Å². The van der Waals surface area contributed by atoms with Crippen LogP contribution in [0.4, 0.5) is 5.69 Å². The van der Waals surface area contributed by atoms with Crippen molar-refractivity contribution in [1.82, 2.24) is 9.13 Å². The van der Waals surface area contributed by atoms with Crippen LogP contribution in [0.3, 0.4) is 0 Å². The summed E-state index contributed by atoms with van der Waals surface area (Å²) in [6.07, 6.45) is 0. The number of aromatic nitrogens is 2. The van der Waals surface area contributed by atoms with E-state index in [4.69, 9.17) is 23.2 Å². The van der Waals surface area contributed by atoms with Gasteiger partial charge in [-0.1, -0.05) is 47.5 Å². The number of nitrogens with zero attached hydrogens (tertiary/aromatic N) is 3. The molecule has 0 saturated carbocycles. The Morgan fingerprint density at radius 2 is 1.76 bits per heavy atom. The molecular formula is C20H17Cl2N3O3S. The molecule has 0 aliphatic heterocycles.